The molecule has 2 aromatic rings. The quantitative estimate of drug-likeness (QED) is 0.809. The first-order valence-corrected chi connectivity index (χ1v) is 8.63. The fraction of sp³-hybridized carbons (Fsp3) is 0.333. The molecule has 1 aliphatic rings. The van der Waals surface area contributed by atoms with Gasteiger partial charge in [0, 0.05) is 31.8 Å². The molecule has 6 nitrogen and oxygen atoms in total. The second-order valence-electron chi connectivity index (χ2n) is 5.89. The van der Waals surface area contributed by atoms with Gasteiger partial charge in [0.05, 0.1) is 18.2 Å². The van der Waals surface area contributed by atoms with Gasteiger partial charge in [0.25, 0.3) is 0 Å². The molecule has 3 rings (SSSR count). The fourth-order valence-corrected chi connectivity index (χ4v) is 2.68. The number of carbonyl (C=O) groups excluding carboxylic acids is 1. The van der Waals surface area contributed by atoms with Crippen LogP contribution in [0.15, 0.2) is 36.5 Å². The Bertz CT molecular complexity index is 769. The lowest BCUT2D eigenvalue weighted by molar-refractivity contribution is 0.138. The van der Waals surface area contributed by atoms with Crippen LogP contribution in [0.3, 0.4) is 0 Å². The van der Waals surface area contributed by atoms with Crippen LogP contribution in [0.2, 0.25) is 5.02 Å². The Labute approximate surface area is 155 Å². The lowest BCUT2D eigenvalue weighted by Gasteiger charge is -2.12. The van der Waals surface area contributed by atoms with Gasteiger partial charge in [-0.25, -0.2) is 14.2 Å². The topological polar surface area (TPSA) is 72.5 Å². The first-order valence-electron chi connectivity index (χ1n) is 8.25. The van der Waals surface area contributed by atoms with Crippen molar-refractivity contribution in [2.45, 2.75) is 25.6 Å². The van der Waals surface area contributed by atoms with E-state index in [-0.39, 0.29) is 23.7 Å². The zero-order valence-corrected chi connectivity index (χ0v) is 14.8. The van der Waals surface area contributed by atoms with Gasteiger partial charge in [0.2, 0.25) is 5.88 Å². The van der Waals surface area contributed by atoms with Gasteiger partial charge in [0.15, 0.2) is 0 Å². The van der Waals surface area contributed by atoms with Crippen molar-refractivity contribution in [3.8, 4) is 5.88 Å². The Morgan fingerprint density at radius 2 is 2.04 bits per heavy atom. The van der Waals surface area contributed by atoms with Crippen molar-refractivity contribution in [1.82, 2.24) is 15.6 Å². The Kier molecular flexibility index (Phi) is 6.25. The minimum atomic E-state index is -0.486. The monoisotopic (exact) mass is 379 g/mol. The highest BCUT2D eigenvalue weighted by Crippen LogP contribution is 2.16. The molecule has 1 fully saturated rings. The summed E-state index contributed by atoms with van der Waals surface area (Å²) in [5, 5.41) is 5.47. The number of rotatable bonds is 6. The molecule has 1 aliphatic heterocycles. The van der Waals surface area contributed by atoms with Crippen molar-refractivity contribution in [3.63, 3.8) is 0 Å². The average Bonchev–Trinajstić information content (AvgIpc) is 3.14. The molecule has 0 aliphatic carbocycles. The normalized spacial score (nSPS) is 16.3. The molecule has 0 radical (unpaired) electrons. The van der Waals surface area contributed by atoms with E-state index < -0.39 is 5.82 Å². The number of carbonyl (C=O) groups is 1. The van der Waals surface area contributed by atoms with Crippen LogP contribution in [0.4, 0.5) is 9.18 Å². The molecule has 1 aromatic carbocycles. The predicted octanol–water partition coefficient (Wildman–Crippen LogP) is 3.04. The Hall–Kier alpha value is -2.38. The van der Waals surface area contributed by atoms with Crippen molar-refractivity contribution < 1.29 is 18.7 Å². The maximum absolute atomic E-state index is 13.1. The average molecular weight is 380 g/mol. The van der Waals surface area contributed by atoms with E-state index in [0.29, 0.717) is 31.2 Å². The zero-order valence-electron chi connectivity index (χ0n) is 14.0. The second kappa shape index (κ2) is 8.82. The van der Waals surface area contributed by atoms with Gasteiger partial charge in [-0.05, 0) is 29.3 Å². The lowest BCUT2D eigenvalue weighted by Crippen LogP contribution is -2.34. The van der Waals surface area contributed by atoms with Crippen molar-refractivity contribution in [2.75, 3.05) is 13.2 Å². The largest absolute Gasteiger partial charge is 0.472 e. The van der Waals surface area contributed by atoms with E-state index in [0.717, 1.165) is 12.0 Å². The molecule has 1 saturated heterocycles. The number of hydrogen-bond acceptors (Lipinski definition) is 4. The van der Waals surface area contributed by atoms with Gasteiger partial charge in [-0.3, -0.25) is 0 Å². The van der Waals surface area contributed by atoms with E-state index in [1.54, 1.807) is 24.4 Å². The molecule has 2 amide bonds. The number of nitrogens with zero attached hydrogens (tertiary/aromatic N) is 1. The highest BCUT2D eigenvalue weighted by atomic mass is 35.5. The summed E-state index contributed by atoms with van der Waals surface area (Å²) in [4.78, 5) is 16.1. The third-order valence-electron chi connectivity index (χ3n) is 3.86. The van der Waals surface area contributed by atoms with Crippen molar-refractivity contribution in [2.24, 2.45) is 0 Å². The van der Waals surface area contributed by atoms with E-state index >= 15 is 0 Å². The van der Waals surface area contributed by atoms with Crippen LogP contribution < -0.4 is 15.4 Å². The number of nitrogens with one attached hydrogen (secondary N) is 2. The van der Waals surface area contributed by atoms with E-state index in [2.05, 4.69) is 15.6 Å². The van der Waals surface area contributed by atoms with E-state index in [4.69, 9.17) is 21.1 Å². The van der Waals surface area contributed by atoms with Crippen molar-refractivity contribution in [1.29, 1.82) is 0 Å². The Morgan fingerprint density at radius 3 is 2.73 bits per heavy atom. The third-order valence-corrected chi connectivity index (χ3v) is 4.15. The summed E-state index contributed by atoms with van der Waals surface area (Å²) in [6, 6.07) is 7.58. The number of benzene rings is 1. The van der Waals surface area contributed by atoms with Gasteiger partial charge < -0.3 is 20.1 Å². The number of halogens is 2. The lowest BCUT2D eigenvalue weighted by atomic mass is 10.2. The van der Waals surface area contributed by atoms with Gasteiger partial charge in [0.1, 0.15) is 11.9 Å². The number of urea groups is 1. The van der Waals surface area contributed by atoms with Crippen molar-refractivity contribution in [3.05, 3.63) is 58.5 Å². The SMILES string of the molecule is O=C(NCc1ccnc(OC2CCOC2)c1)NCc1ccc(F)c(Cl)c1. The molecular formula is C18H19ClFN3O3. The summed E-state index contributed by atoms with van der Waals surface area (Å²) in [6.45, 7) is 1.85. The van der Waals surface area contributed by atoms with Crippen LogP contribution in [0.25, 0.3) is 0 Å². The minimum Gasteiger partial charge on any atom is -0.472 e. The third kappa shape index (κ3) is 5.31. The van der Waals surface area contributed by atoms with Crippen LogP contribution in [0, 0.1) is 5.82 Å². The van der Waals surface area contributed by atoms with Crippen LogP contribution in [-0.4, -0.2) is 30.3 Å². The molecule has 1 aromatic heterocycles. The Morgan fingerprint density at radius 1 is 1.27 bits per heavy atom. The molecule has 2 heterocycles. The molecule has 0 saturated carbocycles. The maximum atomic E-state index is 13.1. The number of ether oxygens (including phenoxy) is 2. The summed E-state index contributed by atoms with van der Waals surface area (Å²) in [6.07, 6.45) is 2.51. The van der Waals surface area contributed by atoms with Gasteiger partial charge in [-0.15, -0.1) is 0 Å². The summed E-state index contributed by atoms with van der Waals surface area (Å²) in [7, 11) is 0. The zero-order chi connectivity index (χ0) is 18.4. The fourth-order valence-electron chi connectivity index (χ4n) is 2.48. The molecule has 1 unspecified atom stereocenters. The summed E-state index contributed by atoms with van der Waals surface area (Å²) in [5.41, 5.74) is 1.58. The van der Waals surface area contributed by atoms with E-state index in [1.807, 2.05) is 0 Å². The van der Waals surface area contributed by atoms with Crippen molar-refractivity contribution >= 4 is 17.6 Å². The van der Waals surface area contributed by atoms with Gasteiger partial charge in [-0.1, -0.05) is 17.7 Å². The highest BCUT2D eigenvalue weighted by Gasteiger charge is 2.17. The van der Waals surface area contributed by atoms with E-state index in [1.165, 1.54) is 12.1 Å². The molecule has 8 heteroatoms. The van der Waals surface area contributed by atoms with Crippen LogP contribution >= 0.6 is 11.6 Å². The highest BCUT2D eigenvalue weighted by molar-refractivity contribution is 6.30. The number of amides is 2. The molecule has 26 heavy (non-hydrogen) atoms. The minimum absolute atomic E-state index is 0.0246. The van der Waals surface area contributed by atoms with Crippen LogP contribution in [0.1, 0.15) is 17.5 Å². The molecular weight excluding hydrogens is 361 g/mol. The number of pyridine rings is 1. The van der Waals surface area contributed by atoms with Gasteiger partial charge in [-0.2, -0.15) is 0 Å². The summed E-state index contributed by atoms with van der Waals surface area (Å²) < 4.78 is 24.1. The first kappa shape index (κ1) is 18.4. The molecule has 138 valence electrons. The predicted molar refractivity (Wildman–Crippen MR) is 94.6 cm³/mol. The first-order chi connectivity index (χ1) is 12.6. The molecule has 0 bridgehead atoms. The number of aromatic nitrogens is 1. The molecule has 2 N–H and O–H groups in total. The van der Waals surface area contributed by atoms with Crippen LogP contribution in [0.5, 0.6) is 5.88 Å². The Balaban J connectivity index is 1.45. The maximum Gasteiger partial charge on any atom is 0.315 e. The number of hydrogen-bond donors (Lipinski definition) is 2. The molecule has 1 atom stereocenters. The standard InChI is InChI=1S/C18H19ClFN3O3/c19-15-7-12(1-2-16(15)20)9-22-18(24)23-10-13-3-5-21-17(8-13)26-14-4-6-25-11-14/h1-3,5,7-8,14H,4,6,9-11H2,(H2,22,23,24). The molecule has 0 spiro atoms. The van der Waals surface area contributed by atoms with Crippen LogP contribution in [-0.2, 0) is 17.8 Å². The second-order valence-corrected chi connectivity index (χ2v) is 6.30. The smallest absolute Gasteiger partial charge is 0.315 e. The summed E-state index contributed by atoms with van der Waals surface area (Å²) >= 11 is 5.72. The summed E-state index contributed by atoms with van der Waals surface area (Å²) in [5.74, 6) is 0.0286. The van der Waals surface area contributed by atoms with E-state index in [9.17, 15) is 9.18 Å². The van der Waals surface area contributed by atoms with Gasteiger partial charge >= 0.3 is 6.03 Å².